The van der Waals surface area contributed by atoms with Crippen molar-refractivity contribution in [3.05, 3.63) is 336 Å². The number of carboxylic acid groups (broad SMARTS) is 1. The predicted octanol–water partition coefficient (Wildman–Crippen LogP) is 16.2. The summed E-state index contributed by atoms with van der Waals surface area (Å²) in [6.07, 6.45) is 0. The molecular weight excluding hydrogens is 1210 g/mol. The van der Waals surface area contributed by atoms with Gasteiger partial charge in [0.15, 0.2) is 0 Å². The van der Waals surface area contributed by atoms with Crippen LogP contribution in [-0.2, 0) is 57.2 Å². The molecule has 1 unspecified atom stereocenters. The monoisotopic (exact) mass is 1280 g/mol. The van der Waals surface area contributed by atoms with E-state index in [4.69, 9.17) is 18.9 Å². The summed E-state index contributed by atoms with van der Waals surface area (Å²) in [6, 6.07) is 79.5. The van der Waals surface area contributed by atoms with Crippen LogP contribution in [0.5, 0.6) is 23.0 Å². The Bertz CT molecular complexity index is 4690. The number of nitrogens with one attached hydrogen (secondary N) is 2. The second kappa shape index (κ2) is 30.2. The molecule has 2 heterocycles. The number of rotatable bonds is 24. The van der Waals surface area contributed by atoms with Crippen molar-refractivity contribution in [1.82, 2.24) is 9.97 Å². The Hall–Kier alpha value is -10.9. The fourth-order valence-corrected chi connectivity index (χ4v) is 12.3. The van der Waals surface area contributed by atoms with Crippen molar-refractivity contribution < 1.29 is 38.3 Å². The van der Waals surface area contributed by atoms with Crippen LogP contribution in [0.1, 0.15) is 77.1 Å². The molecule has 4 N–H and O–H groups in total. The quantitative estimate of drug-likeness (QED) is 0.0421. The van der Waals surface area contributed by atoms with Crippen LogP contribution in [0.25, 0.3) is 21.8 Å². The Balaban J connectivity index is 0.000000193. The number of ether oxygens (including phenoxy) is 4. The fourth-order valence-electron chi connectivity index (χ4n) is 11.5. The predicted molar refractivity (Wildman–Crippen MR) is 379 cm³/mol. The van der Waals surface area contributed by atoms with Gasteiger partial charge < -0.3 is 48.7 Å². The third kappa shape index (κ3) is 17.4. The number of H-pyrrole nitrogens is 2. The number of hydrogen-bond donors (Lipinski definition) is 4. The highest BCUT2D eigenvalue weighted by atomic mass is 31.2. The van der Waals surface area contributed by atoms with E-state index >= 15 is 0 Å². The Morgan fingerprint density at radius 1 is 0.400 bits per heavy atom. The lowest BCUT2D eigenvalue weighted by molar-refractivity contribution is 0.0695. The molecule has 0 fully saturated rings. The topological polar surface area (TPSA) is 184 Å². The van der Waals surface area contributed by atoms with E-state index < -0.39 is 24.5 Å². The van der Waals surface area contributed by atoms with E-state index in [1.54, 1.807) is 0 Å². The van der Waals surface area contributed by atoms with Crippen LogP contribution < -0.4 is 45.2 Å². The molecule has 0 saturated carbocycles. The molecular formula is C80H75N4O10P. The summed E-state index contributed by atoms with van der Waals surface area (Å²) in [4.78, 5) is 56.8. The molecule has 1 atom stereocenters. The van der Waals surface area contributed by atoms with E-state index in [0.717, 1.165) is 78.9 Å². The second-order valence-corrected chi connectivity index (χ2v) is 26.2. The van der Waals surface area contributed by atoms with E-state index in [-0.39, 0.29) is 10.9 Å². The molecule has 480 valence electrons. The molecule has 0 aliphatic carbocycles. The standard InChI is InChI=1S/C40H39N2O5P.C40H36N2O5/c1-28-10-8-12-30(20-28)26-46-37-16-6-4-14-32(37)24-42(35-18-19-36-34(22-35)23-39(40(43)41-36)48(3,44)45)25-33-15-5-7-17-38(33)47-27-31-13-9-11-29(2)21-31;1-27-9-7-11-29(19-27)25-46-37-15-5-3-13-31(37)23-42(34-17-18-36-33(21-34)22-35(40(44)45)39(43)41-36)24-32-14-4-6-16-38(32)47-26-30-12-8-10-28(2)20-30/h4-23H,24-27H2,1-3H3,(H,41,43)(H,44,45);3-22H,23-26H2,1-2H3,(H,41,43)(H,44,45). The highest BCUT2D eigenvalue weighted by molar-refractivity contribution is 7.65. The largest absolute Gasteiger partial charge is 0.489 e. The zero-order valence-electron chi connectivity index (χ0n) is 53.8. The van der Waals surface area contributed by atoms with Gasteiger partial charge in [-0.2, -0.15) is 0 Å². The van der Waals surface area contributed by atoms with Crippen molar-refractivity contribution in [2.45, 2.75) is 80.3 Å². The van der Waals surface area contributed by atoms with Gasteiger partial charge in [-0.3, -0.25) is 14.2 Å². The highest BCUT2D eigenvalue weighted by Crippen LogP contribution is 2.36. The van der Waals surface area contributed by atoms with Crippen LogP contribution in [0, 0.1) is 27.7 Å². The number of aryl methyl sites for hydroxylation is 4. The van der Waals surface area contributed by atoms with E-state index in [2.05, 4.69) is 145 Å². The number of nitrogens with zero attached hydrogens (tertiary/aromatic N) is 2. The SMILES string of the molecule is Cc1cccc(COc2ccccc2CN(Cc2ccccc2OCc2cccc(C)c2)c2ccc3[nH]c(=O)c(C(=O)O)cc3c2)c1.Cc1cccc(COc2ccccc2CN(Cc2ccccc2OCc2cccc(C)c2)c2ccc3[nH]c(=O)c(P(C)(=O)O)cc3c2)c1. The number of carboxylic acids is 1. The number of aromatic carboxylic acids is 1. The summed E-state index contributed by atoms with van der Waals surface area (Å²) in [5, 5.41) is 10.8. The lowest BCUT2D eigenvalue weighted by atomic mass is 10.1. The number of aromatic nitrogens is 2. The Labute approximate surface area is 552 Å². The summed E-state index contributed by atoms with van der Waals surface area (Å²) in [6.45, 7) is 13.2. The zero-order chi connectivity index (χ0) is 66.4. The number of aromatic amines is 2. The molecule has 0 amide bonds. The average Bonchev–Trinajstić information content (AvgIpc) is 0.807. The average molecular weight is 1280 g/mol. The minimum atomic E-state index is -3.78. The van der Waals surface area contributed by atoms with Gasteiger partial charge in [-0.05, 0) is 123 Å². The summed E-state index contributed by atoms with van der Waals surface area (Å²) in [5.74, 6) is 1.86. The van der Waals surface area contributed by atoms with Crippen molar-refractivity contribution in [1.29, 1.82) is 0 Å². The highest BCUT2D eigenvalue weighted by Gasteiger charge is 2.22. The summed E-state index contributed by atoms with van der Waals surface area (Å²) < 4.78 is 38.0. The van der Waals surface area contributed by atoms with Crippen LogP contribution >= 0.6 is 7.37 Å². The molecule has 12 rings (SSSR count). The zero-order valence-corrected chi connectivity index (χ0v) is 54.6. The first-order valence-electron chi connectivity index (χ1n) is 31.4. The Kier molecular flexibility index (Phi) is 20.9. The number of para-hydroxylation sites is 4. The normalized spacial score (nSPS) is 11.7. The van der Waals surface area contributed by atoms with Gasteiger partial charge in [-0.1, -0.05) is 192 Å². The third-order valence-corrected chi connectivity index (χ3v) is 17.5. The van der Waals surface area contributed by atoms with Crippen LogP contribution in [0.15, 0.2) is 252 Å². The first kappa shape index (κ1) is 65.6. The smallest absolute Gasteiger partial charge is 0.341 e. The molecule has 0 spiro atoms. The molecule has 14 nitrogen and oxygen atoms in total. The number of pyridine rings is 2. The van der Waals surface area contributed by atoms with Crippen LogP contribution in [-0.4, -0.2) is 32.6 Å². The summed E-state index contributed by atoms with van der Waals surface area (Å²) in [5.41, 5.74) is 14.5. The van der Waals surface area contributed by atoms with Crippen molar-refractivity contribution in [3.8, 4) is 23.0 Å². The van der Waals surface area contributed by atoms with Crippen molar-refractivity contribution >= 4 is 51.8 Å². The second-order valence-electron chi connectivity index (χ2n) is 24.0. The van der Waals surface area contributed by atoms with Crippen LogP contribution in [0.4, 0.5) is 11.4 Å². The van der Waals surface area contributed by atoms with Gasteiger partial charge in [0.05, 0.1) is 0 Å². The first-order chi connectivity index (χ1) is 45.9. The van der Waals surface area contributed by atoms with Gasteiger partial charge in [-0.15, -0.1) is 0 Å². The molecule has 15 heteroatoms. The number of carbonyl (C=O) groups is 1. The van der Waals surface area contributed by atoms with Gasteiger partial charge in [0, 0.05) is 88.3 Å². The van der Waals surface area contributed by atoms with Gasteiger partial charge in [-0.25, -0.2) is 4.79 Å². The van der Waals surface area contributed by atoms with E-state index in [1.807, 2.05) is 133 Å². The van der Waals surface area contributed by atoms with E-state index in [1.165, 1.54) is 41.1 Å². The molecule has 10 aromatic carbocycles. The molecule has 0 radical (unpaired) electrons. The number of benzene rings is 10. The molecule has 0 bridgehead atoms. The molecule has 2 aromatic heterocycles. The van der Waals surface area contributed by atoms with E-state index in [0.29, 0.717) is 74.4 Å². The van der Waals surface area contributed by atoms with Crippen molar-refractivity contribution in [2.75, 3.05) is 16.5 Å². The van der Waals surface area contributed by atoms with Crippen LogP contribution in [0.3, 0.4) is 0 Å². The van der Waals surface area contributed by atoms with Gasteiger partial charge in [0.1, 0.15) is 60.3 Å². The maximum atomic E-state index is 12.6. The molecule has 0 aliphatic heterocycles. The molecule has 95 heavy (non-hydrogen) atoms. The Morgan fingerprint density at radius 3 is 1.03 bits per heavy atom. The maximum Gasteiger partial charge on any atom is 0.341 e. The van der Waals surface area contributed by atoms with Crippen molar-refractivity contribution in [2.24, 2.45) is 0 Å². The van der Waals surface area contributed by atoms with Crippen LogP contribution in [0.2, 0.25) is 0 Å². The minimum absolute atomic E-state index is 0.122. The van der Waals surface area contributed by atoms with Gasteiger partial charge in [0.25, 0.3) is 11.1 Å². The van der Waals surface area contributed by atoms with Gasteiger partial charge in [0.2, 0.25) is 7.37 Å². The number of fused-ring (bicyclic) bond motifs is 2. The number of hydrogen-bond acceptors (Lipinski definition) is 10. The number of anilines is 2. The molecule has 12 aromatic rings. The summed E-state index contributed by atoms with van der Waals surface area (Å²) >= 11 is 0. The van der Waals surface area contributed by atoms with Crippen molar-refractivity contribution in [3.63, 3.8) is 0 Å². The van der Waals surface area contributed by atoms with E-state index in [9.17, 15) is 28.9 Å². The maximum absolute atomic E-state index is 12.6. The lowest BCUT2D eigenvalue weighted by Gasteiger charge is -2.27. The lowest BCUT2D eigenvalue weighted by Crippen LogP contribution is -2.27. The Morgan fingerprint density at radius 2 is 0.716 bits per heavy atom. The third-order valence-electron chi connectivity index (χ3n) is 16.3. The fraction of sp³-hybridized carbons (Fsp3) is 0.163. The van der Waals surface area contributed by atoms with Gasteiger partial charge >= 0.3 is 5.97 Å². The first-order valence-corrected chi connectivity index (χ1v) is 33.5. The minimum Gasteiger partial charge on any atom is -0.489 e. The molecule has 0 aliphatic rings. The summed E-state index contributed by atoms with van der Waals surface area (Å²) in [7, 11) is -3.78. The molecule has 0 saturated heterocycles.